The van der Waals surface area contributed by atoms with Gasteiger partial charge in [-0.2, -0.15) is 5.06 Å². The number of hydrogen-bond donors (Lipinski definition) is 0. The molecular weight excluding hydrogens is 365 g/mol. The monoisotopic (exact) mass is 407 g/mol. The molecule has 6 nitrogen and oxygen atoms in total. The molecule has 0 aromatic heterocycles. The standard InChI is InChI=1S/C20H42NO5P/c1-5-25-27(23,26-6-2)19-20(22)17-15-13-11-9-7-8-10-12-14-16-18-21(3)24-4/h5-19H2,1-4H3. The minimum Gasteiger partial charge on any atom is -0.309 e. The summed E-state index contributed by atoms with van der Waals surface area (Å²) in [6.45, 7) is 5.12. The van der Waals surface area contributed by atoms with Gasteiger partial charge < -0.3 is 13.9 Å². The summed E-state index contributed by atoms with van der Waals surface area (Å²) >= 11 is 0. The highest BCUT2D eigenvalue weighted by molar-refractivity contribution is 7.54. The van der Waals surface area contributed by atoms with Crippen LogP contribution in [0.2, 0.25) is 0 Å². The lowest BCUT2D eigenvalue weighted by atomic mass is 10.1. The molecule has 0 aromatic rings. The van der Waals surface area contributed by atoms with Gasteiger partial charge in [-0.1, -0.05) is 51.4 Å². The van der Waals surface area contributed by atoms with E-state index in [1.807, 2.05) is 12.1 Å². The zero-order valence-corrected chi connectivity index (χ0v) is 18.9. The Morgan fingerprint density at radius 1 is 0.815 bits per heavy atom. The maximum atomic E-state index is 12.3. The van der Waals surface area contributed by atoms with E-state index in [1.165, 1.54) is 51.4 Å². The molecule has 7 heteroatoms. The predicted octanol–water partition coefficient (Wildman–Crippen LogP) is 5.61. The molecule has 0 aliphatic carbocycles. The second-order valence-corrected chi connectivity index (χ2v) is 9.02. The first kappa shape index (κ1) is 26.7. The topological polar surface area (TPSA) is 65.1 Å². The Labute approximate surface area is 166 Å². The van der Waals surface area contributed by atoms with E-state index in [0.29, 0.717) is 19.6 Å². The van der Waals surface area contributed by atoms with Gasteiger partial charge in [0.2, 0.25) is 0 Å². The first-order valence-corrected chi connectivity index (χ1v) is 12.3. The third kappa shape index (κ3) is 16.4. The minimum absolute atomic E-state index is 0.0145. The number of Topliss-reactive ketones (excluding diaryl/α,β-unsaturated/α-hetero) is 1. The maximum absolute atomic E-state index is 12.3. The maximum Gasteiger partial charge on any atom is 0.338 e. The lowest BCUT2D eigenvalue weighted by Gasteiger charge is -2.16. The van der Waals surface area contributed by atoms with Crippen LogP contribution in [-0.2, 0) is 23.2 Å². The first-order chi connectivity index (χ1) is 13.0. The summed E-state index contributed by atoms with van der Waals surface area (Å²) in [7, 11) is 0.442. The average Bonchev–Trinajstić information content (AvgIpc) is 2.62. The Morgan fingerprint density at radius 3 is 1.70 bits per heavy atom. The molecule has 27 heavy (non-hydrogen) atoms. The second kappa shape index (κ2) is 17.8. The molecule has 0 unspecified atom stereocenters. The highest BCUT2D eigenvalue weighted by Gasteiger charge is 2.26. The van der Waals surface area contributed by atoms with Crippen molar-refractivity contribution in [2.45, 2.75) is 84.5 Å². The highest BCUT2D eigenvalue weighted by atomic mass is 31.2. The van der Waals surface area contributed by atoms with Crippen LogP contribution in [0.15, 0.2) is 0 Å². The predicted molar refractivity (Wildman–Crippen MR) is 111 cm³/mol. The van der Waals surface area contributed by atoms with Crippen LogP contribution in [0.5, 0.6) is 0 Å². The van der Waals surface area contributed by atoms with Gasteiger partial charge in [-0.25, -0.2) is 0 Å². The van der Waals surface area contributed by atoms with Gasteiger partial charge >= 0.3 is 7.60 Å². The summed E-state index contributed by atoms with van der Waals surface area (Å²) in [4.78, 5) is 17.1. The molecule has 162 valence electrons. The van der Waals surface area contributed by atoms with Crippen LogP contribution in [0.25, 0.3) is 0 Å². The Kier molecular flexibility index (Phi) is 17.6. The van der Waals surface area contributed by atoms with Crippen molar-refractivity contribution in [2.24, 2.45) is 0 Å². The number of unbranched alkanes of at least 4 members (excludes halogenated alkanes) is 9. The number of ketones is 1. The van der Waals surface area contributed by atoms with Crippen molar-refractivity contribution in [3.8, 4) is 0 Å². The second-order valence-electron chi connectivity index (χ2n) is 6.96. The molecule has 0 radical (unpaired) electrons. The number of hydrogen-bond acceptors (Lipinski definition) is 6. The van der Waals surface area contributed by atoms with Crippen molar-refractivity contribution in [1.29, 1.82) is 0 Å². The van der Waals surface area contributed by atoms with E-state index in [-0.39, 0.29) is 11.9 Å². The zero-order chi connectivity index (χ0) is 20.4. The van der Waals surface area contributed by atoms with Gasteiger partial charge in [0, 0.05) is 20.0 Å². The van der Waals surface area contributed by atoms with Crippen molar-refractivity contribution in [1.82, 2.24) is 5.06 Å². The summed E-state index contributed by atoms with van der Waals surface area (Å²) in [5.41, 5.74) is 0. The van der Waals surface area contributed by atoms with E-state index in [0.717, 1.165) is 19.4 Å². The third-order valence-corrected chi connectivity index (χ3v) is 6.56. The van der Waals surface area contributed by atoms with Gasteiger partial charge in [0.1, 0.15) is 11.9 Å². The van der Waals surface area contributed by atoms with Crippen LogP contribution in [0.4, 0.5) is 0 Å². The lowest BCUT2D eigenvalue weighted by molar-refractivity contribution is -0.117. The van der Waals surface area contributed by atoms with E-state index >= 15 is 0 Å². The molecule has 0 saturated carbocycles. The average molecular weight is 408 g/mol. The molecule has 0 aliphatic heterocycles. The zero-order valence-electron chi connectivity index (χ0n) is 18.0. The van der Waals surface area contributed by atoms with Gasteiger partial charge in [-0.05, 0) is 26.7 Å². The molecular formula is C20H42NO5P. The van der Waals surface area contributed by atoms with Crippen LogP contribution in [0.3, 0.4) is 0 Å². The fourth-order valence-corrected chi connectivity index (χ4v) is 4.61. The molecule has 0 amide bonds. The molecule has 0 bridgehead atoms. The van der Waals surface area contributed by atoms with E-state index in [4.69, 9.17) is 13.9 Å². The highest BCUT2D eigenvalue weighted by Crippen LogP contribution is 2.48. The van der Waals surface area contributed by atoms with Gasteiger partial charge in [0.05, 0.1) is 20.3 Å². The van der Waals surface area contributed by atoms with Gasteiger partial charge in [-0.15, -0.1) is 0 Å². The SMILES string of the molecule is CCOP(=O)(CC(=O)CCCCCCCCCCCCN(C)OC)OCC. The van der Waals surface area contributed by atoms with E-state index < -0.39 is 7.60 Å². The molecule has 0 saturated heterocycles. The molecule has 0 atom stereocenters. The number of hydroxylamine groups is 2. The summed E-state index contributed by atoms with van der Waals surface area (Å²) in [5.74, 6) is -0.0145. The van der Waals surface area contributed by atoms with Crippen LogP contribution in [-0.4, -0.2) is 50.9 Å². The van der Waals surface area contributed by atoms with E-state index in [1.54, 1.807) is 21.0 Å². The van der Waals surface area contributed by atoms with Crippen molar-refractivity contribution < 1.29 is 23.2 Å². The van der Waals surface area contributed by atoms with Crippen LogP contribution < -0.4 is 0 Å². The largest absolute Gasteiger partial charge is 0.338 e. The van der Waals surface area contributed by atoms with Crippen molar-refractivity contribution in [2.75, 3.05) is 40.1 Å². The molecule has 0 fully saturated rings. The summed E-state index contributed by atoms with van der Waals surface area (Å²) in [6.07, 6.45) is 12.3. The summed E-state index contributed by atoms with van der Waals surface area (Å²) < 4.78 is 22.6. The summed E-state index contributed by atoms with van der Waals surface area (Å²) in [6, 6.07) is 0. The minimum atomic E-state index is -3.22. The fourth-order valence-electron chi connectivity index (χ4n) is 2.98. The number of rotatable bonds is 20. The van der Waals surface area contributed by atoms with Crippen LogP contribution in [0.1, 0.15) is 84.5 Å². The van der Waals surface area contributed by atoms with Gasteiger partial charge in [0.15, 0.2) is 0 Å². The Hall–Kier alpha value is -0.260. The lowest BCUT2D eigenvalue weighted by Crippen LogP contribution is -2.17. The van der Waals surface area contributed by atoms with E-state index in [2.05, 4.69) is 0 Å². The third-order valence-electron chi connectivity index (χ3n) is 4.51. The normalized spacial score (nSPS) is 12.0. The van der Waals surface area contributed by atoms with Crippen molar-refractivity contribution >= 4 is 13.4 Å². The molecule has 0 N–H and O–H groups in total. The Balaban J connectivity index is 3.50. The molecule has 0 rings (SSSR count). The number of nitrogens with zero attached hydrogens (tertiary/aromatic N) is 1. The Bertz CT molecular complexity index is 396. The smallest absolute Gasteiger partial charge is 0.309 e. The Morgan fingerprint density at radius 2 is 1.26 bits per heavy atom. The molecule has 0 aliphatic rings. The van der Waals surface area contributed by atoms with Crippen LogP contribution in [0, 0.1) is 0 Å². The van der Waals surface area contributed by atoms with Crippen molar-refractivity contribution in [3.05, 3.63) is 0 Å². The fraction of sp³-hybridized carbons (Fsp3) is 0.950. The molecule has 0 heterocycles. The van der Waals surface area contributed by atoms with Gasteiger partial charge in [0.25, 0.3) is 0 Å². The summed E-state index contributed by atoms with van der Waals surface area (Å²) in [5, 5.41) is 1.87. The quantitative estimate of drug-likeness (QED) is 0.149. The molecule has 0 spiro atoms. The van der Waals surface area contributed by atoms with E-state index in [9.17, 15) is 9.36 Å². The first-order valence-electron chi connectivity index (χ1n) is 10.6. The van der Waals surface area contributed by atoms with Crippen molar-refractivity contribution in [3.63, 3.8) is 0 Å². The van der Waals surface area contributed by atoms with Gasteiger partial charge in [-0.3, -0.25) is 9.36 Å². The number of carbonyl (C=O) groups is 1. The molecule has 0 aromatic carbocycles. The van der Waals surface area contributed by atoms with Crippen LogP contribution >= 0.6 is 7.60 Å². The number of carbonyl (C=O) groups excluding carboxylic acids is 1.